The van der Waals surface area contributed by atoms with E-state index in [1.165, 1.54) is 6.42 Å². The van der Waals surface area contributed by atoms with Crippen LogP contribution >= 0.6 is 0 Å². The van der Waals surface area contributed by atoms with Crippen molar-refractivity contribution in [3.05, 3.63) is 11.9 Å². The molecule has 0 aromatic carbocycles. The van der Waals surface area contributed by atoms with E-state index in [-0.39, 0.29) is 24.1 Å². The smallest absolute Gasteiger partial charge is 0.393 e. The Kier molecular flexibility index (Phi) is 5.77. The zero-order valence-electron chi connectivity index (χ0n) is 13.7. The van der Waals surface area contributed by atoms with Gasteiger partial charge in [0.05, 0.1) is 12.2 Å². The maximum absolute atomic E-state index is 12.2. The Labute approximate surface area is 135 Å². The largest absolute Gasteiger partial charge is 0.558 e. The second kappa shape index (κ2) is 7.42. The van der Waals surface area contributed by atoms with Crippen LogP contribution in [0.15, 0.2) is 6.20 Å². The summed E-state index contributed by atoms with van der Waals surface area (Å²) < 4.78 is 1.71. The summed E-state index contributed by atoms with van der Waals surface area (Å²) in [6.07, 6.45) is 7.39. The Hall–Kier alpha value is -1.45. The van der Waals surface area contributed by atoms with Crippen LogP contribution in [0.3, 0.4) is 0 Å². The topological polar surface area (TPSA) is 121 Å². The summed E-state index contributed by atoms with van der Waals surface area (Å²) in [5, 5.41) is 38.7. The lowest BCUT2D eigenvalue weighted by atomic mass is 9.67. The number of nitrogens with one attached hydrogen (secondary N) is 1. The Morgan fingerprint density at radius 3 is 2.57 bits per heavy atom. The van der Waals surface area contributed by atoms with E-state index in [0.717, 1.165) is 25.7 Å². The molecule has 0 saturated heterocycles. The number of carbonyl (C=O) groups is 1. The van der Waals surface area contributed by atoms with Crippen LogP contribution in [0, 0.1) is 5.92 Å². The van der Waals surface area contributed by atoms with Crippen LogP contribution in [0.25, 0.3) is 0 Å². The molecule has 1 fully saturated rings. The predicted molar refractivity (Wildman–Crippen MR) is 85.3 cm³/mol. The minimum Gasteiger partial charge on any atom is -0.558 e. The number of amides is 1. The minimum atomic E-state index is -3.64. The Morgan fingerprint density at radius 2 is 2.00 bits per heavy atom. The summed E-state index contributed by atoms with van der Waals surface area (Å²) in [7, 11) is 0. The maximum atomic E-state index is 12.2. The van der Waals surface area contributed by atoms with Crippen molar-refractivity contribution in [1.29, 1.82) is 0 Å². The van der Waals surface area contributed by atoms with Gasteiger partial charge < -0.3 is 20.4 Å². The van der Waals surface area contributed by atoms with Crippen LogP contribution in [0.1, 0.15) is 68.9 Å². The van der Waals surface area contributed by atoms with E-state index in [1.54, 1.807) is 10.9 Å². The Morgan fingerprint density at radius 1 is 1.35 bits per heavy atom. The average molecular weight is 325 g/mol. The third-order valence-electron chi connectivity index (χ3n) is 4.27. The highest BCUT2D eigenvalue weighted by Crippen LogP contribution is 2.27. The fraction of sp³-hybridized carbons (Fsp3) is 0.786. The molecule has 2 rings (SSSR count). The van der Waals surface area contributed by atoms with E-state index >= 15 is 0 Å². The van der Waals surface area contributed by atoms with Gasteiger partial charge in [-0.2, -0.15) is 0 Å². The fourth-order valence-corrected chi connectivity index (χ4v) is 3.01. The van der Waals surface area contributed by atoms with Crippen molar-refractivity contribution in [1.82, 2.24) is 20.3 Å². The molecule has 0 unspecified atom stereocenters. The normalized spacial score (nSPS) is 18.2. The van der Waals surface area contributed by atoms with E-state index in [9.17, 15) is 19.9 Å². The van der Waals surface area contributed by atoms with E-state index in [0.29, 0.717) is 0 Å². The lowest BCUT2D eigenvalue weighted by molar-refractivity contribution is 0.0913. The highest BCUT2D eigenvalue weighted by atomic mass is 16.5. The average Bonchev–Trinajstić information content (AvgIpc) is 2.96. The first-order valence-corrected chi connectivity index (χ1v) is 8.32. The monoisotopic (exact) mass is 325 g/mol. The maximum Gasteiger partial charge on any atom is 0.393 e. The Bertz CT molecular complexity index is 523. The summed E-state index contributed by atoms with van der Waals surface area (Å²) in [5.41, 5.74) is 0.115. The van der Waals surface area contributed by atoms with Crippen LogP contribution in [-0.4, -0.2) is 48.7 Å². The highest BCUT2D eigenvalue weighted by Gasteiger charge is 2.31. The lowest BCUT2D eigenvalue weighted by Crippen LogP contribution is -2.58. The molecule has 23 heavy (non-hydrogen) atoms. The first-order valence-electron chi connectivity index (χ1n) is 8.32. The van der Waals surface area contributed by atoms with E-state index in [2.05, 4.69) is 15.6 Å². The van der Waals surface area contributed by atoms with Gasteiger partial charge in [0.25, 0.3) is 5.91 Å². The van der Waals surface area contributed by atoms with Gasteiger partial charge in [-0.25, -0.2) is 4.68 Å². The number of nitrogens with zero attached hydrogens (tertiary/aromatic N) is 3. The van der Waals surface area contributed by atoms with Gasteiger partial charge in [-0.15, -0.1) is 5.10 Å². The SMILES string of the molecule is CC(C)C[C@H](NC(=O)c1cn(C2CCCCC2)nn1)[B-](O)(O)O. The molecule has 8 nitrogen and oxygen atoms in total. The third-order valence-corrected chi connectivity index (χ3v) is 4.27. The molecule has 0 radical (unpaired) electrons. The molecule has 1 atom stereocenters. The van der Waals surface area contributed by atoms with Gasteiger partial charge in [0.1, 0.15) is 0 Å². The van der Waals surface area contributed by atoms with Gasteiger partial charge in [0, 0.05) is 0 Å². The van der Waals surface area contributed by atoms with Crippen molar-refractivity contribution in [2.24, 2.45) is 5.92 Å². The van der Waals surface area contributed by atoms with Crippen LogP contribution in [0.4, 0.5) is 0 Å². The number of rotatable bonds is 6. The summed E-state index contributed by atoms with van der Waals surface area (Å²) in [6.45, 7) is 0.0819. The van der Waals surface area contributed by atoms with Crippen molar-refractivity contribution in [3.63, 3.8) is 0 Å². The zero-order chi connectivity index (χ0) is 17.0. The van der Waals surface area contributed by atoms with Gasteiger partial charge in [-0.05, 0) is 24.7 Å². The molecule has 130 valence electrons. The molecule has 1 saturated carbocycles. The lowest BCUT2D eigenvalue weighted by Gasteiger charge is -2.33. The van der Waals surface area contributed by atoms with Crippen molar-refractivity contribution >= 4 is 12.7 Å². The zero-order valence-corrected chi connectivity index (χ0v) is 13.7. The van der Waals surface area contributed by atoms with Crippen LogP contribution in [0.5, 0.6) is 0 Å². The standard InChI is InChI=1S/C14H26BN4O4/c1-10(2)8-13(15(21,22)23)16-14(20)12-9-19(18-17-12)11-6-4-3-5-7-11/h9-11,13,21-23H,3-8H2,1-2H3,(H,16,20)/q-1/t13-/m0/s1. The fourth-order valence-electron chi connectivity index (χ4n) is 3.01. The molecule has 0 aliphatic heterocycles. The van der Waals surface area contributed by atoms with E-state index in [4.69, 9.17) is 0 Å². The van der Waals surface area contributed by atoms with Gasteiger partial charge in [-0.3, -0.25) is 4.79 Å². The summed E-state index contributed by atoms with van der Waals surface area (Å²) in [5.74, 6) is -1.63. The second-order valence-corrected chi connectivity index (χ2v) is 6.88. The highest BCUT2D eigenvalue weighted by molar-refractivity contribution is 6.58. The van der Waals surface area contributed by atoms with Crippen molar-refractivity contribution in [2.75, 3.05) is 0 Å². The van der Waals surface area contributed by atoms with Gasteiger partial charge in [0.2, 0.25) is 0 Å². The Balaban J connectivity index is 2.03. The van der Waals surface area contributed by atoms with Gasteiger partial charge in [-0.1, -0.05) is 44.7 Å². The predicted octanol–water partition coefficient (Wildman–Crippen LogP) is 0.383. The van der Waals surface area contributed by atoms with Crippen molar-refractivity contribution in [2.45, 2.75) is 64.4 Å². The third kappa shape index (κ3) is 5.02. The van der Waals surface area contributed by atoms with Gasteiger partial charge in [0.15, 0.2) is 5.69 Å². The molecule has 9 heteroatoms. The molecule has 1 aromatic heterocycles. The van der Waals surface area contributed by atoms with Crippen LogP contribution < -0.4 is 5.32 Å². The van der Waals surface area contributed by atoms with Crippen LogP contribution in [-0.2, 0) is 0 Å². The minimum absolute atomic E-state index is 0.0749. The number of aromatic nitrogens is 3. The molecule has 1 heterocycles. The van der Waals surface area contributed by atoms with Crippen molar-refractivity contribution in [3.8, 4) is 0 Å². The number of carbonyl (C=O) groups excluding carboxylic acids is 1. The van der Waals surface area contributed by atoms with E-state index in [1.807, 2.05) is 13.8 Å². The molecule has 0 bridgehead atoms. The molecule has 1 aromatic rings. The summed E-state index contributed by atoms with van der Waals surface area (Å²) in [4.78, 5) is 12.2. The number of hydrogen-bond acceptors (Lipinski definition) is 6. The molecule has 1 aliphatic carbocycles. The molecular weight excluding hydrogens is 299 g/mol. The summed E-state index contributed by atoms with van der Waals surface area (Å²) >= 11 is 0. The molecule has 1 amide bonds. The van der Waals surface area contributed by atoms with Crippen molar-refractivity contribution < 1.29 is 19.9 Å². The molecule has 1 aliphatic rings. The van der Waals surface area contributed by atoms with Crippen LogP contribution in [0.2, 0.25) is 0 Å². The summed E-state index contributed by atoms with van der Waals surface area (Å²) in [6, 6.07) is 0.265. The molecule has 4 N–H and O–H groups in total. The molecule has 0 spiro atoms. The van der Waals surface area contributed by atoms with E-state index < -0.39 is 18.6 Å². The first-order chi connectivity index (χ1) is 10.8. The quantitative estimate of drug-likeness (QED) is 0.561. The first kappa shape index (κ1) is 17.9. The van der Waals surface area contributed by atoms with Gasteiger partial charge >= 0.3 is 6.75 Å². The second-order valence-electron chi connectivity index (χ2n) is 6.88. The number of hydrogen-bond donors (Lipinski definition) is 4. The molecular formula is C14H26BN4O4-.